The highest BCUT2D eigenvalue weighted by molar-refractivity contribution is 6.41. The minimum absolute atomic E-state index is 0.388. The van der Waals surface area contributed by atoms with Gasteiger partial charge in [0.15, 0.2) is 0 Å². The van der Waals surface area contributed by atoms with Crippen LogP contribution in [0.5, 0.6) is 0 Å². The molecule has 1 fully saturated rings. The van der Waals surface area contributed by atoms with E-state index in [1.54, 1.807) is 19.2 Å². The van der Waals surface area contributed by atoms with E-state index >= 15 is 0 Å². The first-order valence-corrected chi connectivity index (χ1v) is 7.17. The topological polar surface area (TPSA) is 21.3 Å². The van der Waals surface area contributed by atoms with Crippen LogP contribution >= 0.6 is 34.8 Å². The van der Waals surface area contributed by atoms with E-state index in [9.17, 15) is 0 Å². The second kappa shape index (κ2) is 6.33. The van der Waals surface area contributed by atoms with E-state index in [2.05, 4.69) is 5.32 Å². The zero-order valence-electron chi connectivity index (χ0n) is 10.2. The molecule has 0 amide bonds. The Labute approximate surface area is 123 Å². The van der Waals surface area contributed by atoms with Crippen molar-refractivity contribution in [3.63, 3.8) is 0 Å². The van der Waals surface area contributed by atoms with Crippen molar-refractivity contribution in [1.29, 1.82) is 0 Å². The fourth-order valence-electron chi connectivity index (χ4n) is 2.33. The summed E-state index contributed by atoms with van der Waals surface area (Å²) < 4.78 is 5.36. The number of nitrogens with one attached hydrogen (secondary N) is 1. The number of rotatable bonds is 3. The molecule has 1 saturated carbocycles. The lowest BCUT2D eigenvalue weighted by molar-refractivity contribution is 0.0682. The predicted octanol–water partition coefficient (Wildman–Crippen LogP) is 5.02. The molecular formula is C13H16Cl3NO. The summed E-state index contributed by atoms with van der Waals surface area (Å²) in [6.07, 6.45) is 4.65. The third-order valence-corrected chi connectivity index (χ3v) is 4.18. The smallest absolute Gasteiger partial charge is 0.0722 e. The Balaban J connectivity index is 2.02. The van der Waals surface area contributed by atoms with Gasteiger partial charge in [0.25, 0.3) is 0 Å². The van der Waals surface area contributed by atoms with E-state index in [4.69, 9.17) is 39.5 Å². The highest BCUT2D eigenvalue weighted by atomic mass is 35.5. The molecule has 2 nitrogen and oxygen atoms in total. The van der Waals surface area contributed by atoms with E-state index in [-0.39, 0.29) is 0 Å². The van der Waals surface area contributed by atoms with Crippen LogP contribution in [-0.4, -0.2) is 19.3 Å². The molecule has 1 aliphatic rings. The summed E-state index contributed by atoms with van der Waals surface area (Å²) in [5.74, 6) is 0. The standard InChI is InChI=1S/C13H16Cl3NO/c1-18-10-4-2-9(3-5-10)17-13-11(15)6-8(14)7-12(13)16/h6-7,9-10,17H,2-5H2,1H3. The van der Waals surface area contributed by atoms with Gasteiger partial charge >= 0.3 is 0 Å². The Hall–Kier alpha value is -0.150. The molecule has 1 aliphatic carbocycles. The maximum atomic E-state index is 6.15. The Bertz CT molecular complexity index is 394. The van der Waals surface area contributed by atoms with E-state index in [1.165, 1.54) is 0 Å². The Morgan fingerprint density at radius 2 is 1.61 bits per heavy atom. The van der Waals surface area contributed by atoms with Crippen LogP contribution in [0.25, 0.3) is 0 Å². The summed E-state index contributed by atoms with van der Waals surface area (Å²) in [6, 6.07) is 3.81. The van der Waals surface area contributed by atoms with Gasteiger partial charge in [-0.1, -0.05) is 34.8 Å². The molecule has 0 aromatic heterocycles. The van der Waals surface area contributed by atoms with Crippen molar-refractivity contribution in [3.8, 4) is 0 Å². The molecule has 0 unspecified atom stereocenters. The van der Waals surface area contributed by atoms with Crippen LogP contribution < -0.4 is 5.32 Å². The van der Waals surface area contributed by atoms with Crippen LogP contribution in [0, 0.1) is 0 Å². The lowest BCUT2D eigenvalue weighted by Gasteiger charge is -2.29. The maximum absolute atomic E-state index is 6.15. The number of hydrogen-bond acceptors (Lipinski definition) is 2. The van der Waals surface area contributed by atoms with Crippen molar-refractivity contribution in [2.45, 2.75) is 37.8 Å². The first-order chi connectivity index (χ1) is 8.60. The van der Waals surface area contributed by atoms with Crippen LogP contribution in [-0.2, 0) is 4.74 Å². The summed E-state index contributed by atoms with van der Waals surface area (Å²) in [5.41, 5.74) is 0.781. The monoisotopic (exact) mass is 307 g/mol. The van der Waals surface area contributed by atoms with Gasteiger partial charge in [0.2, 0.25) is 0 Å². The van der Waals surface area contributed by atoms with Crippen LogP contribution in [0.1, 0.15) is 25.7 Å². The second-order valence-corrected chi connectivity index (χ2v) is 5.85. The van der Waals surface area contributed by atoms with Crippen molar-refractivity contribution >= 4 is 40.5 Å². The number of anilines is 1. The third kappa shape index (κ3) is 3.45. The van der Waals surface area contributed by atoms with Crippen molar-refractivity contribution in [1.82, 2.24) is 0 Å². The molecule has 5 heteroatoms. The average molecular weight is 309 g/mol. The van der Waals surface area contributed by atoms with Gasteiger partial charge < -0.3 is 10.1 Å². The summed E-state index contributed by atoms with van der Waals surface area (Å²) in [5, 5.41) is 5.11. The lowest BCUT2D eigenvalue weighted by Crippen LogP contribution is -2.29. The van der Waals surface area contributed by atoms with E-state index in [1.807, 2.05) is 0 Å². The molecule has 1 aromatic rings. The number of hydrogen-bond donors (Lipinski definition) is 1. The normalized spacial score (nSPS) is 24.0. The third-order valence-electron chi connectivity index (χ3n) is 3.36. The second-order valence-electron chi connectivity index (χ2n) is 4.60. The zero-order valence-corrected chi connectivity index (χ0v) is 12.4. The summed E-state index contributed by atoms with van der Waals surface area (Å²) in [6.45, 7) is 0. The fourth-order valence-corrected chi connectivity index (χ4v) is 3.25. The van der Waals surface area contributed by atoms with Gasteiger partial charge in [-0.2, -0.15) is 0 Å². The van der Waals surface area contributed by atoms with Gasteiger partial charge in [-0.3, -0.25) is 0 Å². The van der Waals surface area contributed by atoms with Crippen molar-refractivity contribution in [2.24, 2.45) is 0 Å². The van der Waals surface area contributed by atoms with Crippen LogP contribution in [0.3, 0.4) is 0 Å². The zero-order chi connectivity index (χ0) is 13.1. The van der Waals surface area contributed by atoms with Crippen molar-refractivity contribution < 1.29 is 4.74 Å². The van der Waals surface area contributed by atoms with Crippen molar-refractivity contribution in [2.75, 3.05) is 12.4 Å². The molecule has 18 heavy (non-hydrogen) atoms. The first-order valence-electron chi connectivity index (χ1n) is 6.04. The largest absolute Gasteiger partial charge is 0.381 e. The molecule has 0 saturated heterocycles. The number of ether oxygens (including phenoxy) is 1. The molecule has 1 N–H and O–H groups in total. The van der Waals surface area contributed by atoms with E-state index < -0.39 is 0 Å². The molecular weight excluding hydrogens is 293 g/mol. The SMILES string of the molecule is COC1CCC(Nc2c(Cl)cc(Cl)cc2Cl)CC1. The molecule has 0 aliphatic heterocycles. The Morgan fingerprint density at radius 3 is 2.11 bits per heavy atom. The van der Waals surface area contributed by atoms with Crippen LogP contribution in [0.4, 0.5) is 5.69 Å². The van der Waals surface area contributed by atoms with Crippen LogP contribution in [0.15, 0.2) is 12.1 Å². The van der Waals surface area contributed by atoms with Crippen molar-refractivity contribution in [3.05, 3.63) is 27.2 Å². The number of halogens is 3. The minimum Gasteiger partial charge on any atom is -0.381 e. The molecule has 0 atom stereocenters. The molecule has 0 spiro atoms. The van der Waals surface area contributed by atoms with E-state index in [0.717, 1.165) is 31.4 Å². The van der Waals surface area contributed by atoms with Gasteiger partial charge in [0.05, 0.1) is 21.8 Å². The average Bonchev–Trinajstić information content (AvgIpc) is 2.34. The number of benzene rings is 1. The minimum atomic E-state index is 0.388. The lowest BCUT2D eigenvalue weighted by atomic mass is 9.93. The fraction of sp³-hybridized carbons (Fsp3) is 0.538. The summed E-state index contributed by atoms with van der Waals surface area (Å²) in [7, 11) is 1.77. The van der Waals surface area contributed by atoms with E-state index in [0.29, 0.717) is 27.2 Å². The Kier molecular flexibility index (Phi) is 5.02. The molecule has 0 heterocycles. The van der Waals surface area contributed by atoms with Gasteiger partial charge in [-0.05, 0) is 37.8 Å². The van der Waals surface area contributed by atoms with Gasteiger partial charge in [0, 0.05) is 18.2 Å². The number of methoxy groups -OCH3 is 1. The summed E-state index contributed by atoms with van der Waals surface area (Å²) in [4.78, 5) is 0. The highest BCUT2D eigenvalue weighted by Crippen LogP contribution is 2.35. The first kappa shape index (κ1) is 14.3. The van der Waals surface area contributed by atoms with Gasteiger partial charge in [-0.15, -0.1) is 0 Å². The maximum Gasteiger partial charge on any atom is 0.0722 e. The van der Waals surface area contributed by atoms with Gasteiger partial charge in [-0.25, -0.2) is 0 Å². The summed E-state index contributed by atoms with van der Waals surface area (Å²) >= 11 is 18.2. The molecule has 1 aromatic carbocycles. The molecule has 0 bridgehead atoms. The molecule has 0 radical (unpaired) electrons. The van der Waals surface area contributed by atoms with Crippen LogP contribution in [0.2, 0.25) is 15.1 Å². The molecule has 2 rings (SSSR count). The quantitative estimate of drug-likeness (QED) is 0.847. The highest BCUT2D eigenvalue weighted by Gasteiger charge is 2.22. The predicted molar refractivity (Wildman–Crippen MR) is 78.1 cm³/mol. The molecule has 100 valence electrons. The van der Waals surface area contributed by atoms with Gasteiger partial charge in [0.1, 0.15) is 0 Å². The Morgan fingerprint density at radius 1 is 1.06 bits per heavy atom.